The van der Waals surface area contributed by atoms with Gasteiger partial charge in [0.2, 0.25) is 0 Å². The zero-order chi connectivity index (χ0) is 15.0. The number of hydrogen-bond acceptors (Lipinski definition) is 3. The van der Waals surface area contributed by atoms with Crippen molar-refractivity contribution in [3.63, 3.8) is 0 Å². The first-order chi connectivity index (χ1) is 9.47. The molecule has 4 nitrogen and oxygen atoms in total. The Labute approximate surface area is 139 Å². The Kier molecular flexibility index (Phi) is 8.55. The molecule has 0 aliphatic heterocycles. The van der Waals surface area contributed by atoms with Crippen LogP contribution in [0.4, 0.5) is 15.6 Å². The van der Waals surface area contributed by atoms with Crippen molar-refractivity contribution in [3.05, 3.63) is 41.4 Å². The van der Waals surface area contributed by atoms with Crippen LogP contribution in [0.25, 0.3) is 0 Å². The van der Waals surface area contributed by atoms with Gasteiger partial charge in [0.05, 0.1) is 5.69 Å². The van der Waals surface area contributed by atoms with Crippen LogP contribution in [0.3, 0.4) is 0 Å². The van der Waals surface area contributed by atoms with Gasteiger partial charge in [-0.3, -0.25) is 5.32 Å². The molecule has 1 aromatic heterocycles. The van der Waals surface area contributed by atoms with Gasteiger partial charge in [-0.05, 0) is 19.1 Å². The molecule has 0 spiro atoms. The molecular formula is C11H11Cl3IN3OS. The van der Waals surface area contributed by atoms with Crippen LogP contribution >= 0.6 is 54.5 Å². The Morgan fingerprint density at radius 1 is 1.20 bits per heavy atom. The van der Waals surface area contributed by atoms with Crippen molar-refractivity contribution >= 4 is 71.3 Å². The molecule has 0 radical (unpaired) electrons. The average Bonchev–Trinajstić information content (AvgIpc) is 2.75. The van der Waals surface area contributed by atoms with Crippen LogP contribution in [0, 0.1) is 6.92 Å². The molecule has 20 heavy (non-hydrogen) atoms. The number of urea groups is 1. The molecule has 0 saturated carbocycles. The zero-order valence-electron chi connectivity index (χ0n) is 10.2. The summed E-state index contributed by atoms with van der Waals surface area (Å²) in [5.74, 6) is 0. The molecule has 0 fully saturated rings. The molecule has 0 aliphatic rings. The van der Waals surface area contributed by atoms with Crippen LogP contribution in [0.5, 0.6) is 0 Å². The van der Waals surface area contributed by atoms with Gasteiger partial charge >= 0.3 is 49.2 Å². The fraction of sp³-hybridized carbons (Fsp3) is 0.0909. The van der Waals surface area contributed by atoms with Gasteiger partial charge in [0, 0.05) is 11.1 Å². The van der Waals surface area contributed by atoms with Crippen molar-refractivity contribution in [1.82, 2.24) is 4.98 Å². The van der Waals surface area contributed by atoms with E-state index in [1.54, 1.807) is 0 Å². The molecule has 0 bridgehead atoms. The third-order valence-corrected chi connectivity index (χ3v) is 2.75. The SMILES string of the molecule is Cc1csc(NC(=O)Nc2ccccc2)n1.ClI(Cl)Cl. The summed E-state index contributed by atoms with van der Waals surface area (Å²) in [5, 5.41) is 7.87. The van der Waals surface area contributed by atoms with Crippen molar-refractivity contribution in [3.8, 4) is 0 Å². The summed E-state index contributed by atoms with van der Waals surface area (Å²) in [6, 6.07) is 9.00. The number of aryl methyl sites for hydroxylation is 1. The summed E-state index contributed by atoms with van der Waals surface area (Å²) in [5.41, 5.74) is 1.66. The number of carbonyl (C=O) groups is 1. The minimum atomic E-state index is -1.85. The molecule has 0 unspecified atom stereocenters. The number of aromatic nitrogens is 1. The normalized spacial score (nSPS) is 10.1. The number of para-hydroxylation sites is 1. The number of thiazole rings is 1. The number of anilines is 2. The van der Waals surface area contributed by atoms with E-state index in [0.717, 1.165) is 11.4 Å². The van der Waals surface area contributed by atoms with Gasteiger partial charge in [-0.15, -0.1) is 11.3 Å². The van der Waals surface area contributed by atoms with Gasteiger partial charge in [0.25, 0.3) is 0 Å². The van der Waals surface area contributed by atoms with Crippen molar-refractivity contribution in [2.75, 3.05) is 10.6 Å². The molecule has 2 aromatic rings. The Hall–Kier alpha value is -0.280. The van der Waals surface area contributed by atoms with Crippen LogP contribution in [-0.4, -0.2) is 11.0 Å². The number of carbonyl (C=O) groups excluding carboxylic acids is 1. The summed E-state index contributed by atoms with van der Waals surface area (Å²) >= 11 is -0.441. The molecular weight excluding hydrogens is 455 g/mol. The predicted octanol–water partition coefficient (Wildman–Crippen LogP) is 6.05. The summed E-state index contributed by atoms with van der Waals surface area (Å²) in [6.45, 7) is 1.89. The van der Waals surface area contributed by atoms with Gasteiger partial charge in [0.15, 0.2) is 5.13 Å². The zero-order valence-corrected chi connectivity index (χ0v) is 15.5. The number of nitrogens with zero attached hydrogens (tertiary/aromatic N) is 1. The number of amides is 2. The fourth-order valence-electron chi connectivity index (χ4n) is 1.19. The Bertz CT molecular complexity index is 536. The van der Waals surface area contributed by atoms with E-state index in [-0.39, 0.29) is 6.03 Å². The standard InChI is InChI=1S/C11H11N3OS.Cl3I/c1-8-7-16-11(12-8)14-10(15)13-9-5-3-2-4-6-9;1-4(2)3/h2-7H,1H3,(H2,12,13,14,15);. The summed E-state index contributed by atoms with van der Waals surface area (Å²) < 4.78 is 0. The van der Waals surface area contributed by atoms with Crippen LogP contribution < -0.4 is 10.6 Å². The first-order valence-corrected chi connectivity index (χ1v) is 14.3. The molecule has 1 aromatic carbocycles. The van der Waals surface area contributed by atoms with Crippen molar-refractivity contribution in [2.24, 2.45) is 0 Å². The second kappa shape index (κ2) is 9.62. The molecule has 0 atom stereocenters. The van der Waals surface area contributed by atoms with E-state index in [1.807, 2.05) is 42.6 Å². The van der Waals surface area contributed by atoms with E-state index in [4.69, 9.17) is 26.7 Å². The fourth-order valence-corrected chi connectivity index (χ4v) is 1.88. The Morgan fingerprint density at radius 2 is 1.80 bits per heavy atom. The molecule has 2 rings (SSSR count). The summed E-state index contributed by atoms with van der Waals surface area (Å²) in [7, 11) is 14.9. The first-order valence-electron chi connectivity index (χ1n) is 5.22. The second-order valence-corrected chi connectivity index (χ2v) is 13.9. The molecule has 9 heteroatoms. The van der Waals surface area contributed by atoms with E-state index in [1.165, 1.54) is 11.3 Å². The van der Waals surface area contributed by atoms with E-state index in [0.29, 0.717) is 5.13 Å². The van der Waals surface area contributed by atoms with Crippen LogP contribution in [0.1, 0.15) is 5.69 Å². The molecule has 1 heterocycles. The second-order valence-electron chi connectivity index (χ2n) is 3.40. The van der Waals surface area contributed by atoms with Gasteiger partial charge in [-0.1, -0.05) is 18.2 Å². The predicted molar refractivity (Wildman–Crippen MR) is 97.5 cm³/mol. The third kappa shape index (κ3) is 8.11. The molecule has 0 saturated heterocycles. The first kappa shape index (κ1) is 17.8. The topological polar surface area (TPSA) is 54.0 Å². The monoisotopic (exact) mass is 465 g/mol. The number of benzene rings is 1. The molecule has 2 amide bonds. The number of hydrogen-bond donors (Lipinski definition) is 2. The average molecular weight is 467 g/mol. The van der Waals surface area contributed by atoms with Crippen LogP contribution in [-0.2, 0) is 0 Å². The number of rotatable bonds is 2. The number of nitrogens with one attached hydrogen (secondary N) is 2. The van der Waals surface area contributed by atoms with Crippen LogP contribution in [0.2, 0.25) is 0 Å². The van der Waals surface area contributed by atoms with E-state index in [2.05, 4.69) is 15.6 Å². The maximum absolute atomic E-state index is 11.5. The van der Waals surface area contributed by atoms with Crippen molar-refractivity contribution in [1.29, 1.82) is 0 Å². The summed E-state index contributed by atoms with van der Waals surface area (Å²) in [6.07, 6.45) is 0. The van der Waals surface area contributed by atoms with Gasteiger partial charge < -0.3 is 5.32 Å². The van der Waals surface area contributed by atoms with Gasteiger partial charge in [-0.25, -0.2) is 9.78 Å². The van der Waals surface area contributed by atoms with Crippen molar-refractivity contribution in [2.45, 2.75) is 6.92 Å². The van der Waals surface area contributed by atoms with Crippen LogP contribution in [0.15, 0.2) is 35.7 Å². The van der Waals surface area contributed by atoms with Gasteiger partial charge in [0.1, 0.15) is 0 Å². The third-order valence-electron chi connectivity index (χ3n) is 1.87. The summed E-state index contributed by atoms with van der Waals surface area (Å²) in [4.78, 5) is 15.7. The molecule has 110 valence electrons. The van der Waals surface area contributed by atoms with E-state index >= 15 is 0 Å². The Balaban J connectivity index is 0.000000444. The Morgan fingerprint density at radius 3 is 2.30 bits per heavy atom. The maximum atomic E-state index is 11.5. The molecule has 0 aliphatic carbocycles. The van der Waals surface area contributed by atoms with Crippen molar-refractivity contribution < 1.29 is 4.79 Å². The number of halogens is 4. The minimum absolute atomic E-state index is 0.277. The van der Waals surface area contributed by atoms with E-state index in [9.17, 15) is 4.79 Å². The molecule has 2 N–H and O–H groups in total. The quantitative estimate of drug-likeness (QED) is 0.530. The van der Waals surface area contributed by atoms with Gasteiger partial charge in [-0.2, -0.15) is 0 Å². The van der Waals surface area contributed by atoms with E-state index < -0.39 is 16.4 Å².